The molecule has 122 valence electrons. The number of hydrogen-bond acceptors (Lipinski definition) is 4. The summed E-state index contributed by atoms with van der Waals surface area (Å²) in [6, 6.07) is 5.66. The van der Waals surface area contributed by atoms with Crippen molar-refractivity contribution in [3.05, 3.63) is 23.8 Å². The monoisotopic (exact) mass is 306 g/mol. The van der Waals surface area contributed by atoms with Crippen LogP contribution in [0, 0.1) is 0 Å². The third kappa shape index (κ3) is 3.91. The van der Waals surface area contributed by atoms with Crippen LogP contribution in [0.5, 0.6) is 11.5 Å². The van der Waals surface area contributed by atoms with Crippen molar-refractivity contribution in [2.75, 3.05) is 33.9 Å². The second-order valence-corrected chi connectivity index (χ2v) is 5.63. The van der Waals surface area contributed by atoms with Crippen molar-refractivity contribution in [2.24, 2.45) is 0 Å². The third-order valence-electron chi connectivity index (χ3n) is 4.07. The van der Waals surface area contributed by atoms with Crippen LogP contribution in [0.25, 0.3) is 0 Å². The van der Waals surface area contributed by atoms with Crippen LogP contribution in [0.1, 0.15) is 36.5 Å². The number of carbonyl (C=O) groups excluding carboxylic acids is 1. The predicted octanol–water partition coefficient (Wildman–Crippen LogP) is 2.31. The van der Waals surface area contributed by atoms with Crippen LogP contribution in [-0.4, -0.2) is 50.7 Å². The van der Waals surface area contributed by atoms with E-state index in [0.717, 1.165) is 32.4 Å². The maximum atomic E-state index is 12.6. The summed E-state index contributed by atoms with van der Waals surface area (Å²) in [5.41, 5.74) is 0.633. The van der Waals surface area contributed by atoms with E-state index in [0.29, 0.717) is 23.7 Å². The Morgan fingerprint density at radius 1 is 1.41 bits per heavy atom. The quantitative estimate of drug-likeness (QED) is 0.785. The zero-order valence-corrected chi connectivity index (χ0v) is 13.7. The zero-order chi connectivity index (χ0) is 15.9. The Balaban J connectivity index is 2.08. The first-order valence-corrected chi connectivity index (χ1v) is 7.96. The van der Waals surface area contributed by atoms with Crippen LogP contribution in [0.3, 0.4) is 0 Å². The summed E-state index contributed by atoms with van der Waals surface area (Å²) in [5, 5.41) is 3.28. The number of likely N-dealkylation sites (N-methyl/N-ethyl adjacent to an activating group) is 1. The number of methoxy groups -OCH3 is 1. The molecule has 1 heterocycles. The van der Waals surface area contributed by atoms with E-state index in [1.54, 1.807) is 13.2 Å². The molecule has 1 unspecified atom stereocenters. The van der Waals surface area contributed by atoms with Gasteiger partial charge in [-0.1, -0.05) is 13.3 Å². The fourth-order valence-corrected chi connectivity index (χ4v) is 2.59. The lowest BCUT2D eigenvalue weighted by molar-refractivity contribution is 0.0743. The Labute approximate surface area is 132 Å². The van der Waals surface area contributed by atoms with Gasteiger partial charge in [0.25, 0.3) is 5.91 Å². The molecule has 1 N–H and O–H groups in total. The summed E-state index contributed by atoms with van der Waals surface area (Å²) in [7, 11) is 3.46. The summed E-state index contributed by atoms with van der Waals surface area (Å²) < 4.78 is 11.1. The van der Waals surface area contributed by atoms with Gasteiger partial charge >= 0.3 is 0 Å². The van der Waals surface area contributed by atoms with E-state index < -0.39 is 0 Å². The molecular weight excluding hydrogens is 280 g/mol. The largest absolute Gasteiger partial charge is 0.493 e. The highest BCUT2D eigenvalue weighted by molar-refractivity contribution is 5.95. The number of rotatable bonds is 7. The van der Waals surface area contributed by atoms with Crippen LogP contribution < -0.4 is 14.8 Å². The lowest BCUT2D eigenvalue weighted by Gasteiger charge is -2.24. The number of hydrogen-bond donors (Lipinski definition) is 1. The van der Waals surface area contributed by atoms with E-state index in [4.69, 9.17) is 9.47 Å². The molecule has 1 atom stereocenters. The maximum absolute atomic E-state index is 12.6. The van der Waals surface area contributed by atoms with Crippen molar-refractivity contribution in [2.45, 2.75) is 32.2 Å². The van der Waals surface area contributed by atoms with Gasteiger partial charge in [0.2, 0.25) is 0 Å². The van der Waals surface area contributed by atoms with Crippen molar-refractivity contribution < 1.29 is 14.3 Å². The summed E-state index contributed by atoms with van der Waals surface area (Å²) in [6.07, 6.45) is 3.08. The average Bonchev–Trinajstić information content (AvgIpc) is 3.08. The fourth-order valence-electron chi connectivity index (χ4n) is 2.59. The third-order valence-corrected chi connectivity index (χ3v) is 4.07. The molecule has 1 aliphatic rings. The van der Waals surface area contributed by atoms with E-state index in [-0.39, 0.29) is 11.9 Å². The molecule has 22 heavy (non-hydrogen) atoms. The number of nitrogens with zero attached hydrogens (tertiary/aromatic N) is 1. The second-order valence-electron chi connectivity index (χ2n) is 5.63. The molecule has 0 aliphatic carbocycles. The number of nitrogens with one attached hydrogen (secondary N) is 1. The van der Waals surface area contributed by atoms with E-state index in [1.165, 1.54) is 0 Å². The van der Waals surface area contributed by atoms with E-state index in [9.17, 15) is 4.79 Å². The highest BCUT2D eigenvalue weighted by atomic mass is 16.5. The van der Waals surface area contributed by atoms with Gasteiger partial charge in [0.15, 0.2) is 11.5 Å². The Hall–Kier alpha value is -1.75. The number of benzene rings is 1. The van der Waals surface area contributed by atoms with Gasteiger partial charge in [0, 0.05) is 25.2 Å². The molecule has 2 rings (SSSR count). The molecule has 0 aromatic heterocycles. The van der Waals surface area contributed by atoms with Crippen molar-refractivity contribution in [3.8, 4) is 11.5 Å². The van der Waals surface area contributed by atoms with Gasteiger partial charge in [-0.2, -0.15) is 0 Å². The molecule has 1 aromatic rings. The van der Waals surface area contributed by atoms with Gasteiger partial charge < -0.3 is 19.7 Å². The van der Waals surface area contributed by atoms with Gasteiger partial charge in [-0.15, -0.1) is 0 Å². The van der Waals surface area contributed by atoms with Crippen LogP contribution in [0.15, 0.2) is 18.2 Å². The van der Waals surface area contributed by atoms with Gasteiger partial charge in [0.1, 0.15) is 0 Å². The van der Waals surface area contributed by atoms with E-state index in [2.05, 4.69) is 12.2 Å². The molecule has 1 saturated heterocycles. The Kier molecular flexibility index (Phi) is 6.07. The normalized spacial score (nSPS) is 17.3. The molecule has 5 nitrogen and oxygen atoms in total. The van der Waals surface area contributed by atoms with Crippen LogP contribution in [0.4, 0.5) is 0 Å². The summed E-state index contributed by atoms with van der Waals surface area (Å²) in [4.78, 5) is 14.4. The van der Waals surface area contributed by atoms with Crippen LogP contribution >= 0.6 is 0 Å². The maximum Gasteiger partial charge on any atom is 0.254 e. The molecule has 0 saturated carbocycles. The lowest BCUT2D eigenvalue weighted by atomic mass is 10.1. The van der Waals surface area contributed by atoms with Crippen LogP contribution in [-0.2, 0) is 0 Å². The smallest absolute Gasteiger partial charge is 0.254 e. The number of unbranched alkanes of at least 4 members (excludes halogenated alkanes) is 1. The summed E-state index contributed by atoms with van der Waals surface area (Å²) in [5.74, 6) is 1.32. The van der Waals surface area contributed by atoms with Gasteiger partial charge in [-0.25, -0.2) is 0 Å². The fraction of sp³-hybridized carbons (Fsp3) is 0.588. The first-order valence-electron chi connectivity index (χ1n) is 7.96. The van der Waals surface area contributed by atoms with Gasteiger partial charge in [0.05, 0.1) is 13.7 Å². The Bertz CT molecular complexity index is 499. The Morgan fingerprint density at radius 2 is 2.23 bits per heavy atom. The van der Waals surface area contributed by atoms with Crippen molar-refractivity contribution in [1.82, 2.24) is 10.2 Å². The molecule has 5 heteroatoms. The minimum absolute atomic E-state index is 0.0205. The van der Waals surface area contributed by atoms with E-state index in [1.807, 2.05) is 24.1 Å². The van der Waals surface area contributed by atoms with Crippen molar-refractivity contribution >= 4 is 5.91 Å². The topological polar surface area (TPSA) is 50.8 Å². The predicted molar refractivity (Wildman–Crippen MR) is 86.8 cm³/mol. The van der Waals surface area contributed by atoms with Crippen LogP contribution in [0.2, 0.25) is 0 Å². The zero-order valence-electron chi connectivity index (χ0n) is 13.7. The van der Waals surface area contributed by atoms with Crippen molar-refractivity contribution in [3.63, 3.8) is 0 Å². The first kappa shape index (κ1) is 16.6. The molecule has 1 aromatic carbocycles. The van der Waals surface area contributed by atoms with Gasteiger partial charge in [-0.3, -0.25) is 4.79 Å². The number of amides is 1. The summed E-state index contributed by atoms with van der Waals surface area (Å²) in [6.45, 7) is 4.61. The second kappa shape index (κ2) is 8.03. The van der Waals surface area contributed by atoms with Gasteiger partial charge in [-0.05, 0) is 37.6 Å². The Morgan fingerprint density at radius 3 is 2.86 bits per heavy atom. The van der Waals surface area contributed by atoms with E-state index >= 15 is 0 Å². The number of carbonyl (C=O) groups is 1. The molecule has 0 spiro atoms. The SMILES string of the molecule is CCCCOc1ccc(C(=O)N(C)C2CCNC2)cc1OC. The highest BCUT2D eigenvalue weighted by Gasteiger charge is 2.24. The summed E-state index contributed by atoms with van der Waals surface area (Å²) >= 11 is 0. The molecular formula is C17H26N2O3. The standard InChI is InChI=1S/C17H26N2O3/c1-4-5-10-22-15-7-6-13(11-16(15)21-3)17(20)19(2)14-8-9-18-12-14/h6-7,11,14,18H,4-5,8-10,12H2,1-3H3. The molecule has 0 bridgehead atoms. The molecule has 0 radical (unpaired) electrons. The highest BCUT2D eigenvalue weighted by Crippen LogP contribution is 2.29. The van der Waals surface area contributed by atoms with Crippen molar-refractivity contribution in [1.29, 1.82) is 0 Å². The molecule has 1 aliphatic heterocycles. The lowest BCUT2D eigenvalue weighted by Crippen LogP contribution is -2.38. The number of ether oxygens (including phenoxy) is 2. The minimum Gasteiger partial charge on any atom is -0.493 e. The molecule has 1 amide bonds. The first-order chi connectivity index (χ1) is 10.7. The molecule has 1 fully saturated rings. The average molecular weight is 306 g/mol. The minimum atomic E-state index is 0.0205.